The molecule has 1 N–H and O–H groups in total. The Morgan fingerprint density at radius 3 is 2.90 bits per heavy atom. The highest BCUT2D eigenvalue weighted by molar-refractivity contribution is 5.98. The van der Waals surface area contributed by atoms with Gasteiger partial charge in [-0.15, -0.1) is 0 Å². The number of ether oxygens (including phenoxy) is 1. The number of carbonyl (C=O) groups excluding carboxylic acids is 1. The van der Waals surface area contributed by atoms with Crippen LogP contribution in [0.2, 0.25) is 0 Å². The summed E-state index contributed by atoms with van der Waals surface area (Å²) in [5, 5.41) is 13.2. The van der Waals surface area contributed by atoms with Gasteiger partial charge >= 0.3 is 0 Å². The number of pyridine rings is 1. The van der Waals surface area contributed by atoms with E-state index < -0.39 is 5.41 Å². The van der Waals surface area contributed by atoms with Crippen molar-refractivity contribution in [3.05, 3.63) is 36.5 Å². The third kappa shape index (κ3) is 2.58. The van der Waals surface area contributed by atoms with Gasteiger partial charge < -0.3 is 10.1 Å². The zero-order valence-corrected chi connectivity index (χ0v) is 11.5. The van der Waals surface area contributed by atoms with E-state index in [2.05, 4.69) is 16.4 Å². The molecule has 0 saturated carbocycles. The Balaban J connectivity index is 1.84. The van der Waals surface area contributed by atoms with Gasteiger partial charge in [0.15, 0.2) is 0 Å². The summed E-state index contributed by atoms with van der Waals surface area (Å²) in [7, 11) is 0. The molecular weight excluding hydrogens is 266 g/mol. The predicted molar refractivity (Wildman–Crippen MR) is 78.5 cm³/mol. The van der Waals surface area contributed by atoms with E-state index in [9.17, 15) is 10.1 Å². The number of nitriles is 1. The van der Waals surface area contributed by atoms with Crippen LogP contribution in [0.4, 0.5) is 5.69 Å². The molecular formula is C16H15N3O2. The summed E-state index contributed by atoms with van der Waals surface area (Å²) in [6, 6.07) is 11.5. The van der Waals surface area contributed by atoms with Crippen LogP contribution in [0.15, 0.2) is 36.5 Å². The van der Waals surface area contributed by atoms with Crippen molar-refractivity contribution in [3.63, 3.8) is 0 Å². The second kappa shape index (κ2) is 5.51. The van der Waals surface area contributed by atoms with E-state index in [1.54, 1.807) is 12.3 Å². The highest BCUT2D eigenvalue weighted by Crippen LogP contribution is 2.31. The van der Waals surface area contributed by atoms with Crippen LogP contribution in [0.1, 0.15) is 12.8 Å². The minimum Gasteiger partial charge on any atom is -0.381 e. The Kier molecular flexibility index (Phi) is 3.55. The first-order chi connectivity index (χ1) is 10.2. The number of carbonyl (C=O) groups is 1. The monoisotopic (exact) mass is 281 g/mol. The molecule has 3 rings (SSSR count). The lowest BCUT2D eigenvalue weighted by Crippen LogP contribution is -2.39. The quantitative estimate of drug-likeness (QED) is 0.917. The Bertz CT molecular complexity index is 715. The normalized spacial score (nSPS) is 17.1. The number of benzene rings is 1. The largest absolute Gasteiger partial charge is 0.381 e. The number of aromatic nitrogens is 1. The van der Waals surface area contributed by atoms with Crippen LogP contribution in [-0.2, 0) is 9.53 Å². The SMILES string of the molecule is N#CC1(C(=O)Nc2ccc3ncccc3c2)CCOCC1. The molecule has 2 aromatic rings. The lowest BCUT2D eigenvalue weighted by Gasteiger charge is -2.29. The van der Waals surface area contributed by atoms with Gasteiger partial charge in [-0.2, -0.15) is 5.26 Å². The maximum Gasteiger partial charge on any atom is 0.245 e. The zero-order chi connectivity index (χ0) is 14.7. The number of amides is 1. The first-order valence-corrected chi connectivity index (χ1v) is 6.89. The Hall–Kier alpha value is -2.45. The first kappa shape index (κ1) is 13.5. The Labute approximate surface area is 122 Å². The van der Waals surface area contributed by atoms with Crippen LogP contribution in [-0.4, -0.2) is 24.1 Å². The number of hydrogen-bond donors (Lipinski definition) is 1. The second-order valence-electron chi connectivity index (χ2n) is 5.17. The molecule has 1 aromatic carbocycles. The van der Waals surface area contributed by atoms with Gasteiger partial charge in [-0.25, -0.2) is 0 Å². The molecule has 0 bridgehead atoms. The van der Waals surface area contributed by atoms with Crippen molar-refractivity contribution >= 4 is 22.5 Å². The maximum atomic E-state index is 12.5. The van der Waals surface area contributed by atoms with E-state index >= 15 is 0 Å². The molecule has 0 atom stereocenters. The summed E-state index contributed by atoms with van der Waals surface area (Å²) in [5.74, 6) is -0.253. The fourth-order valence-corrected chi connectivity index (χ4v) is 2.51. The van der Waals surface area contributed by atoms with Gasteiger partial charge in [0.25, 0.3) is 0 Å². The molecule has 1 aliphatic rings. The fraction of sp³-hybridized carbons (Fsp3) is 0.312. The number of nitrogens with one attached hydrogen (secondary N) is 1. The van der Waals surface area contributed by atoms with Crippen molar-refractivity contribution in [2.45, 2.75) is 12.8 Å². The van der Waals surface area contributed by atoms with E-state index in [1.807, 2.05) is 24.3 Å². The maximum absolute atomic E-state index is 12.5. The third-order valence-corrected chi connectivity index (χ3v) is 3.86. The van der Waals surface area contributed by atoms with E-state index in [4.69, 9.17) is 4.74 Å². The van der Waals surface area contributed by atoms with Crippen molar-refractivity contribution in [2.75, 3.05) is 18.5 Å². The Morgan fingerprint density at radius 2 is 2.14 bits per heavy atom. The Morgan fingerprint density at radius 1 is 1.33 bits per heavy atom. The molecule has 106 valence electrons. The molecule has 21 heavy (non-hydrogen) atoms. The average molecular weight is 281 g/mol. The molecule has 0 aliphatic carbocycles. The van der Waals surface area contributed by atoms with E-state index in [-0.39, 0.29) is 5.91 Å². The van der Waals surface area contributed by atoms with Crippen molar-refractivity contribution in [2.24, 2.45) is 5.41 Å². The van der Waals surface area contributed by atoms with Crippen molar-refractivity contribution in [1.82, 2.24) is 4.98 Å². The van der Waals surface area contributed by atoms with Gasteiger partial charge in [-0.3, -0.25) is 9.78 Å². The summed E-state index contributed by atoms with van der Waals surface area (Å²) in [4.78, 5) is 16.7. The number of nitrogens with zero attached hydrogens (tertiary/aromatic N) is 2. The lowest BCUT2D eigenvalue weighted by atomic mass is 9.81. The molecule has 0 spiro atoms. The van der Waals surface area contributed by atoms with E-state index in [1.165, 1.54) is 0 Å². The van der Waals surface area contributed by atoms with Crippen LogP contribution in [0, 0.1) is 16.7 Å². The van der Waals surface area contributed by atoms with Crippen LogP contribution in [0.3, 0.4) is 0 Å². The van der Waals surface area contributed by atoms with Crippen LogP contribution >= 0.6 is 0 Å². The first-order valence-electron chi connectivity index (χ1n) is 6.89. The molecule has 1 amide bonds. The van der Waals surface area contributed by atoms with Crippen LogP contribution < -0.4 is 5.32 Å². The van der Waals surface area contributed by atoms with Gasteiger partial charge in [0, 0.05) is 30.5 Å². The minimum atomic E-state index is -0.984. The number of anilines is 1. The summed E-state index contributed by atoms with van der Waals surface area (Å²) >= 11 is 0. The molecule has 1 fully saturated rings. The summed E-state index contributed by atoms with van der Waals surface area (Å²) in [5.41, 5.74) is 0.570. The molecule has 1 aromatic heterocycles. The minimum absolute atomic E-state index is 0.253. The van der Waals surface area contributed by atoms with Gasteiger partial charge in [-0.05, 0) is 37.1 Å². The zero-order valence-electron chi connectivity index (χ0n) is 11.5. The molecule has 2 heterocycles. The fourth-order valence-electron chi connectivity index (χ4n) is 2.51. The molecule has 0 radical (unpaired) electrons. The van der Waals surface area contributed by atoms with Gasteiger partial charge in [0.2, 0.25) is 5.91 Å². The number of fused-ring (bicyclic) bond motifs is 1. The molecule has 1 saturated heterocycles. The molecule has 1 aliphatic heterocycles. The predicted octanol–water partition coefficient (Wildman–Crippen LogP) is 2.49. The average Bonchev–Trinajstić information content (AvgIpc) is 2.55. The molecule has 5 heteroatoms. The van der Waals surface area contributed by atoms with E-state index in [0.717, 1.165) is 10.9 Å². The summed E-state index contributed by atoms with van der Waals surface area (Å²) < 4.78 is 5.25. The smallest absolute Gasteiger partial charge is 0.245 e. The summed E-state index contributed by atoms with van der Waals surface area (Å²) in [6.45, 7) is 0.894. The van der Waals surface area contributed by atoms with Crippen molar-refractivity contribution in [3.8, 4) is 6.07 Å². The van der Waals surface area contributed by atoms with E-state index in [0.29, 0.717) is 31.7 Å². The van der Waals surface area contributed by atoms with Crippen LogP contribution in [0.5, 0.6) is 0 Å². The highest BCUT2D eigenvalue weighted by atomic mass is 16.5. The van der Waals surface area contributed by atoms with Crippen LogP contribution in [0.25, 0.3) is 10.9 Å². The molecule has 0 unspecified atom stereocenters. The second-order valence-corrected chi connectivity index (χ2v) is 5.17. The van der Waals surface area contributed by atoms with Gasteiger partial charge in [0.1, 0.15) is 5.41 Å². The molecule has 5 nitrogen and oxygen atoms in total. The third-order valence-electron chi connectivity index (χ3n) is 3.86. The van der Waals surface area contributed by atoms with Gasteiger partial charge in [0.05, 0.1) is 11.6 Å². The lowest BCUT2D eigenvalue weighted by molar-refractivity contribution is -0.126. The van der Waals surface area contributed by atoms with Crippen molar-refractivity contribution in [1.29, 1.82) is 5.26 Å². The standard InChI is InChI=1S/C16H15N3O2/c17-11-16(5-8-21-9-6-16)15(20)19-13-3-4-14-12(10-13)2-1-7-18-14/h1-4,7,10H,5-6,8-9H2,(H,19,20). The summed E-state index contributed by atoms with van der Waals surface area (Å²) in [6.07, 6.45) is 2.60. The van der Waals surface area contributed by atoms with Crippen molar-refractivity contribution < 1.29 is 9.53 Å². The topological polar surface area (TPSA) is 75.0 Å². The van der Waals surface area contributed by atoms with Gasteiger partial charge in [-0.1, -0.05) is 6.07 Å². The number of rotatable bonds is 2. The highest BCUT2D eigenvalue weighted by Gasteiger charge is 2.40. The number of hydrogen-bond acceptors (Lipinski definition) is 4.